The van der Waals surface area contributed by atoms with Crippen LogP contribution < -0.4 is 5.73 Å². The molecule has 1 aliphatic carbocycles. The zero-order valence-corrected chi connectivity index (χ0v) is 13.1. The van der Waals surface area contributed by atoms with Gasteiger partial charge in [-0.2, -0.15) is 0 Å². The third-order valence-corrected chi connectivity index (χ3v) is 4.75. The van der Waals surface area contributed by atoms with Crippen LogP contribution in [0.3, 0.4) is 0 Å². The van der Waals surface area contributed by atoms with E-state index in [1.807, 2.05) is 12.1 Å². The molecule has 0 atom stereocenters. The Morgan fingerprint density at radius 1 is 1.10 bits per heavy atom. The number of nitrogens with two attached hydrogens (primary N) is 1. The summed E-state index contributed by atoms with van der Waals surface area (Å²) >= 11 is 0. The summed E-state index contributed by atoms with van der Waals surface area (Å²) in [5.74, 6) is 2.09. The maximum Gasteiger partial charge on any atom is 0.143 e. The van der Waals surface area contributed by atoms with Gasteiger partial charge in [-0.25, -0.2) is 0 Å². The summed E-state index contributed by atoms with van der Waals surface area (Å²) in [6.45, 7) is 6.49. The van der Waals surface area contributed by atoms with E-state index in [2.05, 4.69) is 47.7 Å². The normalized spacial score (nSPS) is 16.5. The maximum absolute atomic E-state index is 5.81. The van der Waals surface area contributed by atoms with Crippen LogP contribution in [0.15, 0.2) is 24.3 Å². The van der Waals surface area contributed by atoms with Gasteiger partial charge in [-0.1, -0.05) is 25.0 Å². The molecular weight excluding hydrogens is 260 g/mol. The van der Waals surface area contributed by atoms with Crippen molar-refractivity contribution in [1.29, 1.82) is 0 Å². The van der Waals surface area contributed by atoms with Crippen LogP contribution in [0.2, 0.25) is 0 Å². The molecule has 1 fully saturated rings. The highest BCUT2D eigenvalue weighted by Gasteiger charge is 2.33. The van der Waals surface area contributed by atoms with Crippen LogP contribution in [0, 0.1) is 6.92 Å². The molecule has 1 heterocycles. The molecule has 0 amide bonds. The van der Waals surface area contributed by atoms with Crippen molar-refractivity contribution in [3.8, 4) is 0 Å². The zero-order chi connectivity index (χ0) is 15.0. The number of aromatic nitrogens is 3. The molecule has 2 N–H and O–H groups in total. The minimum Gasteiger partial charge on any atom is -0.399 e. The third kappa shape index (κ3) is 2.43. The number of hydrogen-bond donors (Lipinski definition) is 1. The van der Waals surface area contributed by atoms with Crippen LogP contribution in [0.5, 0.6) is 0 Å². The number of aryl methyl sites for hydroxylation is 1. The molecular formula is C17H24N4. The number of nitrogens with zero attached hydrogens (tertiary/aromatic N) is 3. The Kier molecular flexibility index (Phi) is 3.47. The van der Waals surface area contributed by atoms with Gasteiger partial charge in [0, 0.05) is 17.1 Å². The molecule has 1 aromatic heterocycles. The highest BCUT2D eigenvalue weighted by Crippen LogP contribution is 2.37. The number of anilines is 1. The standard InChI is InChI=1S/C17H24N4/c1-12-19-20-16(21(12)15-6-4-5-7-15)17(2,3)13-8-10-14(18)11-9-13/h8-11,15H,4-7,18H2,1-3H3. The molecule has 21 heavy (non-hydrogen) atoms. The molecule has 0 bridgehead atoms. The minimum absolute atomic E-state index is 0.169. The molecule has 4 heteroatoms. The Morgan fingerprint density at radius 2 is 1.71 bits per heavy atom. The van der Waals surface area contributed by atoms with Crippen LogP contribution in [0.25, 0.3) is 0 Å². The fourth-order valence-electron chi connectivity index (χ4n) is 3.42. The number of hydrogen-bond acceptors (Lipinski definition) is 3. The predicted molar refractivity (Wildman–Crippen MR) is 85.2 cm³/mol. The van der Waals surface area contributed by atoms with Crippen molar-refractivity contribution in [1.82, 2.24) is 14.8 Å². The lowest BCUT2D eigenvalue weighted by Crippen LogP contribution is -2.26. The Labute approximate surface area is 126 Å². The van der Waals surface area contributed by atoms with Crippen molar-refractivity contribution in [3.05, 3.63) is 41.5 Å². The summed E-state index contributed by atoms with van der Waals surface area (Å²) in [7, 11) is 0. The van der Waals surface area contributed by atoms with Crippen LogP contribution in [0.1, 0.15) is 62.8 Å². The van der Waals surface area contributed by atoms with E-state index in [9.17, 15) is 0 Å². The van der Waals surface area contributed by atoms with E-state index < -0.39 is 0 Å². The van der Waals surface area contributed by atoms with Crippen molar-refractivity contribution in [2.45, 2.75) is 57.9 Å². The van der Waals surface area contributed by atoms with E-state index in [0.29, 0.717) is 6.04 Å². The average molecular weight is 284 g/mol. The second kappa shape index (κ2) is 5.17. The predicted octanol–water partition coefficient (Wildman–Crippen LogP) is 3.61. The molecule has 0 spiro atoms. The Bertz CT molecular complexity index is 619. The lowest BCUT2D eigenvalue weighted by Gasteiger charge is -2.28. The van der Waals surface area contributed by atoms with E-state index >= 15 is 0 Å². The van der Waals surface area contributed by atoms with Gasteiger partial charge >= 0.3 is 0 Å². The van der Waals surface area contributed by atoms with E-state index in [-0.39, 0.29) is 5.41 Å². The summed E-state index contributed by atoms with van der Waals surface area (Å²) < 4.78 is 2.36. The topological polar surface area (TPSA) is 56.7 Å². The molecule has 3 rings (SSSR count). The average Bonchev–Trinajstić information content (AvgIpc) is 3.08. The molecule has 1 aromatic carbocycles. The third-order valence-electron chi connectivity index (χ3n) is 4.75. The lowest BCUT2D eigenvalue weighted by atomic mass is 9.83. The van der Waals surface area contributed by atoms with Gasteiger partial charge in [0.05, 0.1) is 0 Å². The molecule has 0 saturated heterocycles. The maximum atomic E-state index is 5.81. The lowest BCUT2D eigenvalue weighted by molar-refractivity contribution is 0.445. The van der Waals surface area contributed by atoms with E-state index in [1.54, 1.807) is 0 Å². The molecule has 0 unspecified atom stereocenters. The highest BCUT2D eigenvalue weighted by atomic mass is 15.3. The molecule has 1 aliphatic rings. The Hall–Kier alpha value is -1.84. The smallest absolute Gasteiger partial charge is 0.143 e. The van der Waals surface area contributed by atoms with E-state index in [0.717, 1.165) is 17.3 Å². The fraction of sp³-hybridized carbons (Fsp3) is 0.529. The van der Waals surface area contributed by atoms with Crippen LogP contribution in [-0.2, 0) is 5.41 Å². The molecule has 112 valence electrons. The first-order chi connectivity index (χ1) is 10.00. The summed E-state index contributed by atoms with van der Waals surface area (Å²) in [4.78, 5) is 0. The van der Waals surface area contributed by atoms with Gasteiger partial charge in [-0.15, -0.1) is 10.2 Å². The summed E-state index contributed by atoms with van der Waals surface area (Å²) in [6.07, 6.45) is 5.10. The van der Waals surface area contributed by atoms with Gasteiger partial charge < -0.3 is 10.3 Å². The van der Waals surface area contributed by atoms with Crippen LogP contribution >= 0.6 is 0 Å². The number of rotatable bonds is 3. The van der Waals surface area contributed by atoms with Crippen molar-refractivity contribution in [2.24, 2.45) is 0 Å². The Morgan fingerprint density at radius 3 is 2.33 bits per heavy atom. The van der Waals surface area contributed by atoms with Crippen molar-refractivity contribution < 1.29 is 0 Å². The first-order valence-corrected chi connectivity index (χ1v) is 7.78. The number of benzene rings is 1. The zero-order valence-electron chi connectivity index (χ0n) is 13.1. The van der Waals surface area contributed by atoms with Crippen molar-refractivity contribution in [2.75, 3.05) is 5.73 Å². The Balaban J connectivity index is 2.04. The number of nitrogen functional groups attached to an aromatic ring is 1. The van der Waals surface area contributed by atoms with Crippen molar-refractivity contribution in [3.63, 3.8) is 0 Å². The largest absolute Gasteiger partial charge is 0.399 e. The highest BCUT2D eigenvalue weighted by molar-refractivity contribution is 5.43. The molecule has 2 aromatic rings. The van der Waals surface area contributed by atoms with Gasteiger partial charge in [0.2, 0.25) is 0 Å². The second-order valence-electron chi connectivity index (χ2n) is 6.63. The SMILES string of the molecule is Cc1nnc(C(C)(C)c2ccc(N)cc2)n1C1CCCC1. The summed E-state index contributed by atoms with van der Waals surface area (Å²) in [5, 5.41) is 8.87. The summed E-state index contributed by atoms with van der Waals surface area (Å²) in [6, 6.07) is 8.67. The molecule has 0 radical (unpaired) electrons. The molecule has 4 nitrogen and oxygen atoms in total. The van der Waals surface area contributed by atoms with E-state index in [4.69, 9.17) is 5.73 Å². The van der Waals surface area contributed by atoms with Crippen LogP contribution in [-0.4, -0.2) is 14.8 Å². The van der Waals surface area contributed by atoms with Gasteiger partial charge in [0.15, 0.2) is 0 Å². The molecule has 0 aliphatic heterocycles. The first-order valence-electron chi connectivity index (χ1n) is 7.78. The molecule has 1 saturated carbocycles. The van der Waals surface area contributed by atoms with Gasteiger partial charge in [0.1, 0.15) is 11.6 Å². The minimum atomic E-state index is -0.169. The van der Waals surface area contributed by atoms with E-state index in [1.165, 1.54) is 31.2 Å². The van der Waals surface area contributed by atoms with Crippen LogP contribution in [0.4, 0.5) is 5.69 Å². The van der Waals surface area contributed by atoms with Gasteiger partial charge in [0.25, 0.3) is 0 Å². The van der Waals surface area contributed by atoms with Crippen molar-refractivity contribution >= 4 is 5.69 Å². The first kappa shape index (κ1) is 14.1. The fourth-order valence-corrected chi connectivity index (χ4v) is 3.42. The second-order valence-corrected chi connectivity index (χ2v) is 6.63. The quantitative estimate of drug-likeness (QED) is 0.876. The van der Waals surface area contributed by atoms with Gasteiger partial charge in [-0.05, 0) is 51.3 Å². The monoisotopic (exact) mass is 284 g/mol. The van der Waals surface area contributed by atoms with Gasteiger partial charge in [-0.3, -0.25) is 0 Å². The summed E-state index contributed by atoms with van der Waals surface area (Å²) in [5.41, 5.74) is 7.66.